The Hall–Kier alpha value is -1.14. The molecule has 3 N–H and O–H groups in total. The number of aliphatic hydroxyl groups is 1. The van der Waals surface area contributed by atoms with Gasteiger partial charge < -0.3 is 20.5 Å². The van der Waals surface area contributed by atoms with Crippen molar-refractivity contribution in [3.63, 3.8) is 0 Å². The molecule has 5 heteroatoms. The van der Waals surface area contributed by atoms with Gasteiger partial charge in [-0.15, -0.1) is 0 Å². The van der Waals surface area contributed by atoms with Crippen LogP contribution in [-0.2, 0) is 6.54 Å². The maximum Gasteiger partial charge on any atom is 0.119 e. The highest BCUT2D eigenvalue weighted by Crippen LogP contribution is 2.13. The molecule has 1 aliphatic heterocycles. The fourth-order valence-electron chi connectivity index (χ4n) is 2.59. The molecule has 0 spiro atoms. The molecule has 1 aliphatic rings. The summed E-state index contributed by atoms with van der Waals surface area (Å²) >= 11 is 0. The zero-order valence-electron chi connectivity index (χ0n) is 12.9. The minimum absolute atomic E-state index is 0.320. The van der Waals surface area contributed by atoms with Crippen LogP contribution in [0.1, 0.15) is 12.0 Å². The average molecular weight is 293 g/mol. The van der Waals surface area contributed by atoms with Crippen LogP contribution < -0.4 is 10.5 Å². The second-order valence-electron chi connectivity index (χ2n) is 5.77. The van der Waals surface area contributed by atoms with Gasteiger partial charge in [-0.1, -0.05) is 12.1 Å². The monoisotopic (exact) mass is 293 g/mol. The quantitative estimate of drug-likeness (QED) is 0.801. The van der Waals surface area contributed by atoms with Crippen LogP contribution in [0.15, 0.2) is 24.3 Å². The van der Waals surface area contributed by atoms with Crippen molar-refractivity contribution >= 4 is 0 Å². The summed E-state index contributed by atoms with van der Waals surface area (Å²) in [6, 6.07) is 7.71. The minimum Gasteiger partial charge on any atom is -0.491 e. The van der Waals surface area contributed by atoms with Crippen molar-refractivity contribution < 1.29 is 9.84 Å². The standard InChI is InChI=1S/C16H27N3O2/c1-18-6-3-7-19(9-8-18)12-15(20)13-21-16-5-2-4-14(10-16)11-17/h2,4-5,10,15,20H,3,6-9,11-13,17H2,1H3. The minimum atomic E-state index is -0.463. The number of likely N-dealkylation sites (N-methyl/N-ethyl adjacent to an activating group) is 1. The van der Waals surface area contributed by atoms with Gasteiger partial charge >= 0.3 is 0 Å². The molecule has 0 aromatic heterocycles. The van der Waals surface area contributed by atoms with Crippen LogP contribution in [0.25, 0.3) is 0 Å². The van der Waals surface area contributed by atoms with Crippen LogP contribution in [0.3, 0.4) is 0 Å². The molecule has 21 heavy (non-hydrogen) atoms. The average Bonchev–Trinajstić information content (AvgIpc) is 2.70. The van der Waals surface area contributed by atoms with Crippen molar-refractivity contribution in [3.05, 3.63) is 29.8 Å². The lowest BCUT2D eigenvalue weighted by molar-refractivity contribution is 0.0696. The second kappa shape index (κ2) is 8.34. The molecular formula is C16H27N3O2. The van der Waals surface area contributed by atoms with E-state index in [1.165, 1.54) is 0 Å². The Morgan fingerprint density at radius 1 is 1.29 bits per heavy atom. The molecule has 0 radical (unpaired) electrons. The topological polar surface area (TPSA) is 62.0 Å². The lowest BCUT2D eigenvalue weighted by Gasteiger charge is -2.23. The summed E-state index contributed by atoms with van der Waals surface area (Å²) in [5.74, 6) is 0.771. The lowest BCUT2D eigenvalue weighted by Crippen LogP contribution is -2.37. The highest BCUT2D eigenvalue weighted by molar-refractivity contribution is 5.28. The number of benzene rings is 1. The zero-order valence-corrected chi connectivity index (χ0v) is 12.9. The van der Waals surface area contributed by atoms with E-state index in [1.807, 2.05) is 24.3 Å². The third kappa shape index (κ3) is 5.63. The van der Waals surface area contributed by atoms with E-state index in [9.17, 15) is 5.11 Å². The maximum atomic E-state index is 10.1. The Bertz CT molecular complexity index is 428. The van der Waals surface area contributed by atoms with E-state index < -0.39 is 6.10 Å². The Morgan fingerprint density at radius 2 is 2.14 bits per heavy atom. The Balaban J connectivity index is 1.74. The zero-order chi connectivity index (χ0) is 15.1. The molecule has 1 aromatic carbocycles. The first kappa shape index (κ1) is 16.2. The van der Waals surface area contributed by atoms with E-state index in [0.717, 1.165) is 43.9 Å². The highest BCUT2D eigenvalue weighted by atomic mass is 16.5. The van der Waals surface area contributed by atoms with Gasteiger partial charge in [0.15, 0.2) is 0 Å². The van der Waals surface area contributed by atoms with Gasteiger partial charge in [0.25, 0.3) is 0 Å². The Morgan fingerprint density at radius 3 is 2.95 bits per heavy atom. The van der Waals surface area contributed by atoms with Crippen LogP contribution >= 0.6 is 0 Å². The molecule has 1 fully saturated rings. The number of nitrogens with zero attached hydrogens (tertiary/aromatic N) is 2. The van der Waals surface area contributed by atoms with Gasteiger partial charge in [0.1, 0.15) is 18.5 Å². The van der Waals surface area contributed by atoms with Gasteiger partial charge in [0.2, 0.25) is 0 Å². The molecule has 118 valence electrons. The molecule has 0 aliphatic carbocycles. The molecule has 1 saturated heterocycles. The summed E-state index contributed by atoms with van der Waals surface area (Å²) in [6.07, 6.45) is 0.692. The van der Waals surface area contributed by atoms with Gasteiger partial charge in [-0.2, -0.15) is 0 Å². The van der Waals surface area contributed by atoms with E-state index in [2.05, 4.69) is 16.8 Å². The lowest BCUT2D eigenvalue weighted by atomic mass is 10.2. The predicted octanol–water partition coefficient (Wildman–Crippen LogP) is 0.522. The van der Waals surface area contributed by atoms with Gasteiger partial charge in [0.05, 0.1) is 0 Å². The number of hydrogen-bond acceptors (Lipinski definition) is 5. The fourth-order valence-corrected chi connectivity index (χ4v) is 2.59. The molecule has 0 bridgehead atoms. The van der Waals surface area contributed by atoms with Crippen LogP contribution in [0.4, 0.5) is 0 Å². The van der Waals surface area contributed by atoms with E-state index >= 15 is 0 Å². The summed E-state index contributed by atoms with van der Waals surface area (Å²) in [5.41, 5.74) is 6.65. The van der Waals surface area contributed by atoms with Crippen molar-refractivity contribution in [1.29, 1.82) is 0 Å². The summed E-state index contributed by atoms with van der Waals surface area (Å²) in [6.45, 7) is 5.74. The molecule has 2 rings (SSSR count). The van der Waals surface area contributed by atoms with Gasteiger partial charge in [-0.25, -0.2) is 0 Å². The summed E-state index contributed by atoms with van der Waals surface area (Å²) in [5, 5.41) is 10.1. The normalized spacial score (nSPS) is 19.2. The van der Waals surface area contributed by atoms with E-state index in [0.29, 0.717) is 19.7 Å². The fraction of sp³-hybridized carbons (Fsp3) is 0.625. The molecule has 1 atom stereocenters. The van der Waals surface area contributed by atoms with Crippen molar-refractivity contribution in [2.24, 2.45) is 5.73 Å². The first-order chi connectivity index (χ1) is 10.2. The first-order valence-corrected chi connectivity index (χ1v) is 7.68. The molecule has 1 heterocycles. The molecular weight excluding hydrogens is 266 g/mol. The number of β-amino-alcohol motifs (C(OH)–C–C–N with tert-alkyl or cyclic N) is 1. The van der Waals surface area contributed by atoms with E-state index in [4.69, 9.17) is 10.5 Å². The van der Waals surface area contributed by atoms with E-state index in [1.54, 1.807) is 0 Å². The summed E-state index contributed by atoms with van der Waals surface area (Å²) < 4.78 is 5.66. The van der Waals surface area contributed by atoms with Crippen LogP contribution in [-0.4, -0.2) is 67.4 Å². The smallest absolute Gasteiger partial charge is 0.119 e. The molecule has 5 nitrogen and oxygen atoms in total. The molecule has 1 unspecified atom stereocenters. The number of nitrogens with two attached hydrogens (primary N) is 1. The SMILES string of the molecule is CN1CCCN(CC(O)COc2cccc(CN)c2)CC1. The van der Waals surface area contributed by atoms with Gasteiger partial charge in [0, 0.05) is 26.2 Å². The van der Waals surface area contributed by atoms with Crippen molar-refractivity contribution in [2.45, 2.75) is 19.1 Å². The third-order valence-corrected chi connectivity index (χ3v) is 3.86. The number of ether oxygens (including phenoxy) is 1. The first-order valence-electron chi connectivity index (χ1n) is 7.68. The molecule has 0 saturated carbocycles. The van der Waals surface area contributed by atoms with Gasteiger partial charge in [-0.05, 0) is 44.3 Å². The van der Waals surface area contributed by atoms with Crippen molar-refractivity contribution in [3.8, 4) is 5.75 Å². The van der Waals surface area contributed by atoms with Crippen LogP contribution in [0, 0.1) is 0 Å². The van der Waals surface area contributed by atoms with Gasteiger partial charge in [-0.3, -0.25) is 4.90 Å². The Kier molecular flexibility index (Phi) is 6.45. The second-order valence-corrected chi connectivity index (χ2v) is 5.77. The number of aliphatic hydroxyl groups excluding tert-OH is 1. The highest BCUT2D eigenvalue weighted by Gasteiger charge is 2.16. The number of hydrogen-bond donors (Lipinski definition) is 2. The largest absolute Gasteiger partial charge is 0.491 e. The maximum absolute atomic E-state index is 10.1. The van der Waals surface area contributed by atoms with E-state index in [-0.39, 0.29) is 0 Å². The summed E-state index contributed by atoms with van der Waals surface area (Å²) in [4.78, 5) is 4.65. The third-order valence-electron chi connectivity index (χ3n) is 3.86. The van der Waals surface area contributed by atoms with Crippen molar-refractivity contribution in [1.82, 2.24) is 9.80 Å². The van der Waals surface area contributed by atoms with Crippen LogP contribution in [0.5, 0.6) is 5.75 Å². The van der Waals surface area contributed by atoms with Crippen LogP contribution in [0.2, 0.25) is 0 Å². The molecule has 0 amide bonds. The molecule has 1 aromatic rings. The predicted molar refractivity (Wildman–Crippen MR) is 84.4 cm³/mol. The number of rotatable bonds is 6. The Labute approximate surface area is 127 Å². The van der Waals surface area contributed by atoms with Crippen molar-refractivity contribution in [2.75, 3.05) is 46.4 Å². The summed E-state index contributed by atoms with van der Waals surface area (Å²) in [7, 11) is 2.15.